The molecular formula is C16H26N2O. The van der Waals surface area contributed by atoms with Crippen LogP contribution >= 0.6 is 0 Å². The molecule has 1 saturated heterocycles. The lowest BCUT2D eigenvalue weighted by Crippen LogP contribution is -2.46. The first-order valence-electron chi connectivity index (χ1n) is 7.36. The largest absolute Gasteiger partial charge is 0.497 e. The Hall–Kier alpha value is -1.06. The molecule has 0 saturated carbocycles. The van der Waals surface area contributed by atoms with Crippen molar-refractivity contribution in [1.82, 2.24) is 10.2 Å². The van der Waals surface area contributed by atoms with E-state index in [1.54, 1.807) is 7.11 Å². The highest BCUT2D eigenvalue weighted by atomic mass is 16.5. The molecule has 1 aliphatic heterocycles. The van der Waals surface area contributed by atoms with Gasteiger partial charge in [-0.2, -0.15) is 0 Å². The summed E-state index contributed by atoms with van der Waals surface area (Å²) in [4.78, 5) is 2.61. The smallest absolute Gasteiger partial charge is 0.118 e. The summed E-state index contributed by atoms with van der Waals surface area (Å²) in [6.45, 7) is 7.95. The van der Waals surface area contributed by atoms with Crippen LogP contribution in [0.3, 0.4) is 0 Å². The van der Waals surface area contributed by atoms with Gasteiger partial charge in [0.05, 0.1) is 7.11 Å². The van der Waals surface area contributed by atoms with E-state index in [2.05, 4.69) is 48.3 Å². The van der Waals surface area contributed by atoms with Gasteiger partial charge in [-0.05, 0) is 50.6 Å². The van der Waals surface area contributed by atoms with E-state index < -0.39 is 0 Å². The molecule has 2 atom stereocenters. The van der Waals surface area contributed by atoms with Crippen molar-refractivity contribution < 1.29 is 4.74 Å². The molecule has 0 aromatic heterocycles. The fourth-order valence-electron chi connectivity index (χ4n) is 3.04. The fraction of sp³-hybridized carbons (Fsp3) is 0.625. The topological polar surface area (TPSA) is 24.5 Å². The van der Waals surface area contributed by atoms with Crippen molar-refractivity contribution in [3.63, 3.8) is 0 Å². The second-order valence-electron chi connectivity index (χ2n) is 5.28. The highest BCUT2D eigenvalue weighted by Crippen LogP contribution is 2.26. The predicted molar refractivity (Wildman–Crippen MR) is 79.7 cm³/mol. The molecule has 1 fully saturated rings. The maximum atomic E-state index is 5.23. The van der Waals surface area contributed by atoms with Crippen molar-refractivity contribution in [1.29, 1.82) is 0 Å². The van der Waals surface area contributed by atoms with E-state index in [4.69, 9.17) is 4.74 Å². The van der Waals surface area contributed by atoms with Crippen LogP contribution in [0.15, 0.2) is 24.3 Å². The Morgan fingerprint density at radius 1 is 1.37 bits per heavy atom. The lowest BCUT2D eigenvalue weighted by atomic mass is 10.0. The van der Waals surface area contributed by atoms with Gasteiger partial charge in [-0.25, -0.2) is 0 Å². The summed E-state index contributed by atoms with van der Waals surface area (Å²) in [5.74, 6) is 0.929. The molecular weight excluding hydrogens is 236 g/mol. The summed E-state index contributed by atoms with van der Waals surface area (Å²) in [7, 11) is 1.71. The van der Waals surface area contributed by atoms with Crippen LogP contribution in [0, 0.1) is 0 Å². The number of benzene rings is 1. The first-order chi connectivity index (χ1) is 9.26. The third kappa shape index (κ3) is 3.48. The Morgan fingerprint density at radius 3 is 2.63 bits per heavy atom. The number of hydrogen-bond acceptors (Lipinski definition) is 3. The van der Waals surface area contributed by atoms with E-state index in [0.717, 1.165) is 18.8 Å². The van der Waals surface area contributed by atoms with E-state index in [1.807, 2.05) is 0 Å². The third-order valence-electron chi connectivity index (χ3n) is 4.20. The van der Waals surface area contributed by atoms with Crippen molar-refractivity contribution in [2.24, 2.45) is 0 Å². The molecule has 1 aliphatic rings. The van der Waals surface area contributed by atoms with Gasteiger partial charge in [-0.3, -0.25) is 4.90 Å². The van der Waals surface area contributed by atoms with Gasteiger partial charge in [0.1, 0.15) is 5.75 Å². The maximum absolute atomic E-state index is 5.23. The Labute approximate surface area is 116 Å². The molecule has 0 aliphatic carbocycles. The van der Waals surface area contributed by atoms with E-state index in [0.29, 0.717) is 12.1 Å². The fourth-order valence-corrected chi connectivity index (χ4v) is 3.04. The average Bonchev–Trinajstić information content (AvgIpc) is 2.49. The molecule has 1 aromatic carbocycles. The molecule has 1 N–H and O–H groups in total. The molecule has 0 bridgehead atoms. The van der Waals surface area contributed by atoms with E-state index in [9.17, 15) is 0 Å². The second-order valence-corrected chi connectivity index (χ2v) is 5.28. The summed E-state index contributed by atoms with van der Waals surface area (Å²) in [6.07, 6.45) is 2.60. The lowest BCUT2D eigenvalue weighted by molar-refractivity contribution is 0.128. The lowest BCUT2D eigenvalue weighted by Gasteiger charge is -2.38. The number of rotatable bonds is 5. The summed E-state index contributed by atoms with van der Waals surface area (Å²) < 4.78 is 5.23. The van der Waals surface area contributed by atoms with Crippen LogP contribution in [-0.4, -0.2) is 37.7 Å². The zero-order valence-corrected chi connectivity index (χ0v) is 12.4. The Morgan fingerprint density at radius 2 is 2.11 bits per heavy atom. The van der Waals surface area contributed by atoms with E-state index >= 15 is 0 Å². The molecule has 0 spiro atoms. The predicted octanol–water partition coefficient (Wildman–Crippen LogP) is 2.83. The number of nitrogens with one attached hydrogen (secondary N) is 1. The SMILES string of the molecule is CCN(C1CCCNC1)C(C)c1ccc(OC)cc1. The third-order valence-corrected chi connectivity index (χ3v) is 4.20. The van der Waals surface area contributed by atoms with Crippen molar-refractivity contribution in [2.75, 3.05) is 26.7 Å². The van der Waals surface area contributed by atoms with Crippen LogP contribution in [0.1, 0.15) is 38.3 Å². The zero-order chi connectivity index (χ0) is 13.7. The van der Waals surface area contributed by atoms with Gasteiger partial charge in [-0.15, -0.1) is 0 Å². The van der Waals surface area contributed by atoms with Gasteiger partial charge < -0.3 is 10.1 Å². The first kappa shape index (κ1) is 14.4. The van der Waals surface area contributed by atoms with Gasteiger partial charge in [0.15, 0.2) is 0 Å². The number of methoxy groups -OCH3 is 1. The molecule has 3 nitrogen and oxygen atoms in total. The molecule has 0 amide bonds. The van der Waals surface area contributed by atoms with Crippen molar-refractivity contribution in [2.45, 2.75) is 38.8 Å². The van der Waals surface area contributed by atoms with E-state index in [-0.39, 0.29) is 0 Å². The molecule has 19 heavy (non-hydrogen) atoms. The quantitative estimate of drug-likeness (QED) is 0.883. The highest BCUT2D eigenvalue weighted by Gasteiger charge is 2.24. The van der Waals surface area contributed by atoms with Crippen LogP contribution in [0.25, 0.3) is 0 Å². The number of likely N-dealkylation sites (N-methyl/N-ethyl adjacent to an activating group) is 1. The monoisotopic (exact) mass is 262 g/mol. The molecule has 0 radical (unpaired) electrons. The molecule has 2 rings (SSSR count). The Bertz CT molecular complexity index is 371. The zero-order valence-electron chi connectivity index (χ0n) is 12.4. The minimum absolute atomic E-state index is 0.459. The number of hydrogen-bond donors (Lipinski definition) is 1. The summed E-state index contributed by atoms with van der Waals surface area (Å²) >= 11 is 0. The molecule has 1 aromatic rings. The van der Waals surface area contributed by atoms with Gasteiger partial charge in [-0.1, -0.05) is 19.1 Å². The van der Waals surface area contributed by atoms with Crippen LogP contribution < -0.4 is 10.1 Å². The number of piperidine rings is 1. The molecule has 2 unspecified atom stereocenters. The van der Waals surface area contributed by atoms with Crippen molar-refractivity contribution >= 4 is 0 Å². The molecule has 1 heterocycles. The molecule has 3 heteroatoms. The number of ether oxygens (including phenoxy) is 1. The van der Waals surface area contributed by atoms with Gasteiger partial charge in [0.25, 0.3) is 0 Å². The summed E-state index contributed by atoms with van der Waals surface area (Å²) in [5, 5.41) is 3.51. The summed E-state index contributed by atoms with van der Waals surface area (Å²) in [6, 6.07) is 9.60. The van der Waals surface area contributed by atoms with Gasteiger partial charge in [0, 0.05) is 18.6 Å². The van der Waals surface area contributed by atoms with Crippen LogP contribution in [0.2, 0.25) is 0 Å². The van der Waals surface area contributed by atoms with Crippen LogP contribution in [0.5, 0.6) is 5.75 Å². The second kappa shape index (κ2) is 6.92. The standard InChI is InChI=1S/C16H26N2O/c1-4-18(15-6-5-11-17-12-15)13(2)14-7-9-16(19-3)10-8-14/h7-10,13,15,17H,4-6,11-12H2,1-3H3. The van der Waals surface area contributed by atoms with Crippen LogP contribution in [0.4, 0.5) is 0 Å². The van der Waals surface area contributed by atoms with Gasteiger partial charge >= 0.3 is 0 Å². The maximum Gasteiger partial charge on any atom is 0.118 e. The molecule has 106 valence electrons. The Balaban J connectivity index is 2.07. The highest BCUT2D eigenvalue weighted by molar-refractivity contribution is 5.29. The van der Waals surface area contributed by atoms with Gasteiger partial charge in [0.2, 0.25) is 0 Å². The van der Waals surface area contributed by atoms with E-state index in [1.165, 1.54) is 24.9 Å². The number of nitrogens with zero attached hydrogens (tertiary/aromatic N) is 1. The summed E-state index contributed by atoms with van der Waals surface area (Å²) in [5.41, 5.74) is 1.37. The minimum atomic E-state index is 0.459. The normalized spacial score (nSPS) is 21.4. The van der Waals surface area contributed by atoms with Crippen molar-refractivity contribution in [3.05, 3.63) is 29.8 Å². The Kier molecular flexibility index (Phi) is 5.23. The van der Waals surface area contributed by atoms with Crippen LogP contribution in [-0.2, 0) is 0 Å². The average molecular weight is 262 g/mol. The van der Waals surface area contributed by atoms with Crippen molar-refractivity contribution in [3.8, 4) is 5.75 Å². The minimum Gasteiger partial charge on any atom is -0.497 e. The first-order valence-corrected chi connectivity index (χ1v) is 7.36.